The van der Waals surface area contributed by atoms with Gasteiger partial charge in [-0.25, -0.2) is 9.78 Å². The lowest BCUT2D eigenvalue weighted by atomic mass is 10.1. The van der Waals surface area contributed by atoms with Crippen LogP contribution in [0, 0.1) is 0 Å². The molecule has 0 spiro atoms. The molecule has 0 saturated carbocycles. The van der Waals surface area contributed by atoms with Gasteiger partial charge in [-0.15, -0.1) is 11.3 Å². The number of carboxylic acid groups (broad SMARTS) is 1. The lowest BCUT2D eigenvalue weighted by Crippen LogP contribution is -2.41. The molecule has 122 valence electrons. The highest BCUT2D eigenvalue weighted by atomic mass is 32.1. The normalized spacial score (nSPS) is 11.9. The first-order valence-corrected chi connectivity index (χ1v) is 8.45. The maximum atomic E-state index is 12.0. The second-order valence-corrected chi connectivity index (χ2v) is 6.26. The van der Waals surface area contributed by atoms with E-state index in [1.165, 1.54) is 16.9 Å². The molecule has 1 unspecified atom stereocenters. The minimum atomic E-state index is -0.997. The Morgan fingerprint density at radius 2 is 2.04 bits per heavy atom. The number of thiazole rings is 1. The highest BCUT2D eigenvalue weighted by Crippen LogP contribution is 2.15. The van der Waals surface area contributed by atoms with Crippen molar-refractivity contribution in [3.05, 3.63) is 52.0 Å². The van der Waals surface area contributed by atoms with Crippen LogP contribution in [0.1, 0.15) is 36.0 Å². The second kappa shape index (κ2) is 8.43. The number of aliphatic carboxylic acids is 1. The van der Waals surface area contributed by atoms with Gasteiger partial charge in [0.15, 0.2) is 0 Å². The van der Waals surface area contributed by atoms with E-state index in [0.717, 1.165) is 11.4 Å². The number of benzene rings is 1. The lowest BCUT2D eigenvalue weighted by molar-refractivity contribution is -0.141. The topological polar surface area (TPSA) is 79.3 Å². The van der Waals surface area contributed by atoms with Gasteiger partial charge in [-0.2, -0.15) is 0 Å². The molecule has 1 aromatic carbocycles. The molecule has 0 saturated heterocycles. The van der Waals surface area contributed by atoms with E-state index in [0.29, 0.717) is 18.5 Å². The van der Waals surface area contributed by atoms with E-state index in [9.17, 15) is 9.59 Å². The van der Waals surface area contributed by atoms with E-state index in [4.69, 9.17) is 5.11 Å². The predicted molar refractivity (Wildman–Crippen MR) is 89.5 cm³/mol. The average molecular weight is 332 g/mol. The van der Waals surface area contributed by atoms with Crippen LogP contribution in [0.3, 0.4) is 0 Å². The van der Waals surface area contributed by atoms with Crippen LogP contribution in [0.5, 0.6) is 0 Å². The van der Waals surface area contributed by atoms with Crippen molar-refractivity contribution in [2.45, 2.75) is 38.6 Å². The van der Waals surface area contributed by atoms with Crippen LogP contribution in [-0.4, -0.2) is 28.0 Å². The molecule has 0 radical (unpaired) electrons. The van der Waals surface area contributed by atoms with Crippen LogP contribution >= 0.6 is 11.3 Å². The van der Waals surface area contributed by atoms with Gasteiger partial charge in [-0.05, 0) is 12.0 Å². The van der Waals surface area contributed by atoms with Gasteiger partial charge in [0.1, 0.15) is 6.04 Å². The number of nitrogens with one attached hydrogen (secondary N) is 1. The van der Waals surface area contributed by atoms with E-state index >= 15 is 0 Å². The molecule has 0 fully saturated rings. The van der Waals surface area contributed by atoms with Gasteiger partial charge in [-0.3, -0.25) is 4.79 Å². The third-order valence-electron chi connectivity index (χ3n) is 3.35. The second-order valence-electron chi connectivity index (χ2n) is 5.32. The van der Waals surface area contributed by atoms with E-state index < -0.39 is 12.0 Å². The van der Waals surface area contributed by atoms with Gasteiger partial charge in [0.25, 0.3) is 0 Å². The zero-order valence-corrected chi connectivity index (χ0v) is 13.8. The third-order valence-corrected chi connectivity index (χ3v) is 4.25. The van der Waals surface area contributed by atoms with Gasteiger partial charge in [0.2, 0.25) is 5.91 Å². The van der Waals surface area contributed by atoms with Gasteiger partial charge < -0.3 is 10.4 Å². The quantitative estimate of drug-likeness (QED) is 0.779. The van der Waals surface area contributed by atoms with Crippen LogP contribution in [0.25, 0.3) is 0 Å². The Balaban J connectivity index is 1.90. The Morgan fingerprint density at radius 1 is 1.30 bits per heavy atom. The van der Waals surface area contributed by atoms with Crippen molar-refractivity contribution in [1.29, 1.82) is 0 Å². The van der Waals surface area contributed by atoms with Crippen molar-refractivity contribution >= 4 is 23.2 Å². The van der Waals surface area contributed by atoms with Crippen LogP contribution in [0.4, 0.5) is 0 Å². The average Bonchev–Trinajstić information content (AvgIpc) is 2.94. The van der Waals surface area contributed by atoms with Gasteiger partial charge in [0.05, 0.1) is 17.1 Å². The summed E-state index contributed by atoms with van der Waals surface area (Å²) in [6.07, 6.45) is 1.98. The standard InChI is InChI=1S/C17H20N2O3S/c1-2-6-14(17(21)22)19-15(20)10-13-11-23-16(18-13)9-12-7-4-3-5-8-12/h3-5,7-8,11,14H,2,6,9-10H2,1H3,(H,19,20)(H,21,22). The molecule has 2 aromatic rings. The van der Waals surface area contributed by atoms with Crippen LogP contribution in [-0.2, 0) is 22.4 Å². The van der Waals surface area contributed by atoms with Crippen LogP contribution in [0.2, 0.25) is 0 Å². The highest BCUT2D eigenvalue weighted by Gasteiger charge is 2.19. The molecule has 6 heteroatoms. The van der Waals surface area contributed by atoms with Gasteiger partial charge in [-0.1, -0.05) is 43.7 Å². The smallest absolute Gasteiger partial charge is 0.326 e. The van der Waals surface area contributed by atoms with E-state index in [1.807, 2.05) is 42.6 Å². The number of aromatic nitrogens is 1. The Kier molecular flexibility index (Phi) is 6.29. The number of hydrogen-bond donors (Lipinski definition) is 2. The maximum Gasteiger partial charge on any atom is 0.326 e. The number of carbonyl (C=O) groups excluding carboxylic acids is 1. The van der Waals surface area contributed by atoms with Gasteiger partial charge in [0, 0.05) is 11.8 Å². The molecule has 0 aliphatic heterocycles. The summed E-state index contributed by atoms with van der Waals surface area (Å²) in [5.74, 6) is -1.30. The summed E-state index contributed by atoms with van der Waals surface area (Å²) >= 11 is 1.51. The minimum absolute atomic E-state index is 0.110. The fourth-order valence-electron chi connectivity index (χ4n) is 2.24. The third kappa shape index (κ3) is 5.49. The van der Waals surface area contributed by atoms with Crippen molar-refractivity contribution in [3.63, 3.8) is 0 Å². The lowest BCUT2D eigenvalue weighted by Gasteiger charge is -2.12. The molecule has 1 amide bonds. The molecule has 1 atom stereocenters. The van der Waals surface area contributed by atoms with E-state index in [1.54, 1.807) is 0 Å². The molecule has 2 rings (SSSR count). The zero-order chi connectivity index (χ0) is 16.7. The van der Waals surface area contributed by atoms with Crippen LogP contribution in [0.15, 0.2) is 35.7 Å². The number of hydrogen-bond acceptors (Lipinski definition) is 4. The molecular formula is C17H20N2O3S. The first kappa shape index (κ1) is 17.1. The minimum Gasteiger partial charge on any atom is -0.480 e. The first-order chi connectivity index (χ1) is 11.1. The summed E-state index contributed by atoms with van der Waals surface area (Å²) in [5, 5.41) is 14.4. The largest absolute Gasteiger partial charge is 0.480 e. The van der Waals surface area contributed by atoms with Crippen molar-refractivity contribution in [2.75, 3.05) is 0 Å². The molecule has 0 aliphatic rings. The van der Waals surface area contributed by atoms with Crippen molar-refractivity contribution in [2.24, 2.45) is 0 Å². The first-order valence-electron chi connectivity index (χ1n) is 7.58. The molecule has 1 aromatic heterocycles. The van der Waals surface area contributed by atoms with E-state index in [2.05, 4.69) is 10.3 Å². The molecule has 0 aliphatic carbocycles. The summed E-state index contributed by atoms with van der Waals surface area (Å²) in [6, 6.07) is 9.19. The SMILES string of the molecule is CCCC(NC(=O)Cc1csc(Cc2ccccc2)n1)C(=O)O. The summed E-state index contributed by atoms with van der Waals surface area (Å²) in [7, 11) is 0. The molecule has 1 heterocycles. The summed E-state index contributed by atoms with van der Waals surface area (Å²) in [5.41, 5.74) is 1.85. The fourth-order valence-corrected chi connectivity index (χ4v) is 3.07. The predicted octanol–water partition coefficient (Wildman–Crippen LogP) is 2.65. The van der Waals surface area contributed by atoms with Gasteiger partial charge >= 0.3 is 5.97 Å². The Labute approximate surface area is 139 Å². The van der Waals surface area contributed by atoms with Crippen molar-refractivity contribution in [3.8, 4) is 0 Å². The van der Waals surface area contributed by atoms with Crippen molar-refractivity contribution in [1.82, 2.24) is 10.3 Å². The summed E-state index contributed by atoms with van der Waals surface area (Å²) in [4.78, 5) is 27.5. The molecule has 0 bridgehead atoms. The highest BCUT2D eigenvalue weighted by molar-refractivity contribution is 7.09. The molecule has 23 heavy (non-hydrogen) atoms. The molecule has 5 nitrogen and oxygen atoms in total. The monoisotopic (exact) mass is 332 g/mol. The Morgan fingerprint density at radius 3 is 2.70 bits per heavy atom. The van der Waals surface area contributed by atoms with Crippen molar-refractivity contribution < 1.29 is 14.7 Å². The number of amides is 1. The number of carboxylic acids is 1. The Bertz CT molecular complexity index is 655. The summed E-state index contributed by atoms with van der Waals surface area (Å²) in [6.45, 7) is 1.89. The van der Waals surface area contributed by atoms with E-state index in [-0.39, 0.29) is 12.3 Å². The fraction of sp³-hybridized carbons (Fsp3) is 0.353. The van der Waals surface area contributed by atoms with Crippen LogP contribution < -0.4 is 5.32 Å². The number of carbonyl (C=O) groups is 2. The maximum absolute atomic E-state index is 12.0. The number of nitrogens with zero attached hydrogens (tertiary/aromatic N) is 1. The summed E-state index contributed by atoms with van der Waals surface area (Å²) < 4.78 is 0. The Hall–Kier alpha value is -2.21. The number of rotatable bonds is 8. The molecular weight excluding hydrogens is 312 g/mol. The molecule has 2 N–H and O–H groups in total. The zero-order valence-electron chi connectivity index (χ0n) is 13.0.